The van der Waals surface area contributed by atoms with Crippen LogP contribution in [-0.4, -0.2) is 37.7 Å². The predicted octanol–water partition coefficient (Wildman–Crippen LogP) is -0.849. The number of cyclic esters (lactones) is 1. The number of ether oxygens (including phenoxy) is 1. The van der Waals surface area contributed by atoms with Crippen LogP contribution in [0.2, 0.25) is 0 Å². The van der Waals surface area contributed by atoms with E-state index in [0.29, 0.717) is 0 Å². The molecular weight excluding hydrogens is 170 g/mol. The van der Waals surface area contributed by atoms with E-state index in [2.05, 4.69) is 4.74 Å². The van der Waals surface area contributed by atoms with Gasteiger partial charge in [0.05, 0.1) is 6.26 Å². The molecule has 11 heavy (non-hydrogen) atoms. The number of sulfonamides is 1. The Morgan fingerprint density at radius 2 is 2.18 bits per heavy atom. The minimum atomic E-state index is -3.30. The summed E-state index contributed by atoms with van der Waals surface area (Å²) in [4.78, 5) is 10.7. The Labute approximate surface area is 65.0 Å². The maximum atomic E-state index is 10.9. The van der Waals surface area contributed by atoms with Crippen molar-refractivity contribution >= 4 is 16.0 Å². The molecule has 1 atom stereocenters. The van der Waals surface area contributed by atoms with Crippen LogP contribution in [0.3, 0.4) is 0 Å². The maximum absolute atomic E-state index is 10.9. The van der Waals surface area contributed by atoms with Crippen molar-refractivity contribution in [2.45, 2.75) is 13.0 Å². The highest BCUT2D eigenvalue weighted by atomic mass is 32.2. The minimum Gasteiger partial charge on any atom is -0.447 e. The number of carbonyl (C=O) groups excluding carboxylic acids is 1. The first-order valence-corrected chi connectivity index (χ1v) is 4.91. The van der Waals surface area contributed by atoms with Crippen molar-refractivity contribution in [1.29, 1.82) is 0 Å². The molecule has 0 unspecified atom stereocenters. The second kappa shape index (κ2) is 2.46. The van der Waals surface area contributed by atoms with Crippen LogP contribution in [0, 0.1) is 0 Å². The summed E-state index contributed by atoms with van der Waals surface area (Å²) in [6.45, 7) is 1.34. The van der Waals surface area contributed by atoms with E-state index in [9.17, 15) is 13.2 Å². The smallest absolute Gasteiger partial charge is 0.325 e. The molecule has 1 fully saturated rings. The van der Waals surface area contributed by atoms with Crippen molar-refractivity contribution in [3.63, 3.8) is 0 Å². The molecule has 1 heterocycles. The third kappa shape index (κ3) is 1.51. The highest BCUT2D eigenvalue weighted by molar-refractivity contribution is 7.88. The van der Waals surface area contributed by atoms with E-state index >= 15 is 0 Å². The van der Waals surface area contributed by atoms with Gasteiger partial charge in [-0.1, -0.05) is 0 Å². The van der Waals surface area contributed by atoms with E-state index in [1.165, 1.54) is 6.92 Å². The lowest BCUT2D eigenvalue weighted by molar-refractivity contribution is -0.138. The molecule has 0 bridgehead atoms. The van der Waals surface area contributed by atoms with Gasteiger partial charge in [0.25, 0.3) is 0 Å². The highest BCUT2D eigenvalue weighted by Gasteiger charge is 2.36. The average molecular weight is 179 g/mol. The molecule has 1 saturated heterocycles. The van der Waals surface area contributed by atoms with E-state index < -0.39 is 22.0 Å². The number of rotatable bonds is 1. The Morgan fingerprint density at radius 3 is 2.36 bits per heavy atom. The van der Waals surface area contributed by atoms with E-state index in [4.69, 9.17) is 0 Å². The number of nitrogens with zero attached hydrogens (tertiary/aromatic N) is 1. The molecule has 1 rings (SSSR count). The minimum absolute atomic E-state index is 0.154. The van der Waals surface area contributed by atoms with Gasteiger partial charge in [-0.25, -0.2) is 8.42 Å². The lowest BCUT2D eigenvalue weighted by Crippen LogP contribution is -2.34. The lowest BCUT2D eigenvalue weighted by Gasteiger charge is -2.12. The van der Waals surface area contributed by atoms with E-state index in [-0.39, 0.29) is 6.73 Å². The summed E-state index contributed by atoms with van der Waals surface area (Å²) in [7, 11) is -3.30. The SMILES string of the molecule is C[C@H]1C(=O)OCN1S(C)(=O)=O. The van der Waals surface area contributed by atoms with Crippen molar-refractivity contribution in [2.24, 2.45) is 0 Å². The van der Waals surface area contributed by atoms with Crippen LogP contribution in [0.1, 0.15) is 6.92 Å². The number of hydrogen-bond donors (Lipinski definition) is 0. The van der Waals surface area contributed by atoms with Crippen LogP contribution >= 0.6 is 0 Å². The first-order chi connectivity index (χ1) is 4.93. The summed E-state index contributed by atoms with van der Waals surface area (Å²) in [5.41, 5.74) is 0. The molecule has 0 aromatic rings. The highest BCUT2D eigenvalue weighted by Crippen LogP contribution is 2.13. The summed E-state index contributed by atoms with van der Waals surface area (Å²) in [5, 5.41) is 0. The van der Waals surface area contributed by atoms with Crippen molar-refractivity contribution in [2.75, 3.05) is 13.0 Å². The predicted molar refractivity (Wildman–Crippen MR) is 37.1 cm³/mol. The summed E-state index contributed by atoms with van der Waals surface area (Å²) < 4.78 is 27.3. The van der Waals surface area contributed by atoms with Gasteiger partial charge in [0.2, 0.25) is 10.0 Å². The van der Waals surface area contributed by atoms with E-state index in [1.54, 1.807) is 0 Å². The second-order valence-corrected chi connectivity index (χ2v) is 4.35. The molecular formula is C5H9NO4S. The topological polar surface area (TPSA) is 63.7 Å². The summed E-state index contributed by atoms with van der Waals surface area (Å²) in [6.07, 6.45) is 1.05. The quantitative estimate of drug-likeness (QED) is 0.492. The van der Waals surface area contributed by atoms with Gasteiger partial charge in [0.15, 0.2) is 6.73 Å². The maximum Gasteiger partial charge on any atom is 0.325 e. The fourth-order valence-corrected chi connectivity index (χ4v) is 1.76. The number of carbonyl (C=O) groups is 1. The van der Waals surface area contributed by atoms with Crippen LogP contribution in [-0.2, 0) is 19.6 Å². The summed E-state index contributed by atoms with van der Waals surface area (Å²) >= 11 is 0. The Balaban J connectivity index is 2.87. The molecule has 0 N–H and O–H groups in total. The zero-order valence-electron chi connectivity index (χ0n) is 6.27. The molecule has 0 aliphatic carbocycles. The van der Waals surface area contributed by atoms with Crippen LogP contribution in [0.25, 0.3) is 0 Å². The molecule has 0 amide bonds. The normalized spacial score (nSPS) is 27.1. The zero-order valence-corrected chi connectivity index (χ0v) is 7.09. The van der Waals surface area contributed by atoms with Gasteiger partial charge in [-0.2, -0.15) is 4.31 Å². The van der Waals surface area contributed by atoms with Gasteiger partial charge in [-0.05, 0) is 6.92 Å². The Hall–Kier alpha value is -0.620. The van der Waals surface area contributed by atoms with Gasteiger partial charge in [-0.3, -0.25) is 4.79 Å². The summed E-state index contributed by atoms with van der Waals surface area (Å²) in [6, 6.07) is -0.676. The third-order valence-electron chi connectivity index (χ3n) is 1.53. The Morgan fingerprint density at radius 1 is 1.64 bits per heavy atom. The average Bonchev–Trinajstić information content (AvgIpc) is 2.11. The molecule has 0 aromatic heterocycles. The van der Waals surface area contributed by atoms with Crippen molar-refractivity contribution < 1.29 is 17.9 Å². The van der Waals surface area contributed by atoms with Crippen LogP contribution in [0.5, 0.6) is 0 Å². The molecule has 64 valence electrons. The second-order valence-electron chi connectivity index (χ2n) is 2.42. The Bertz CT molecular complexity index is 270. The first kappa shape index (κ1) is 8.48. The van der Waals surface area contributed by atoms with E-state index in [0.717, 1.165) is 10.6 Å². The lowest BCUT2D eigenvalue weighted by atomic mass is 10.4. The summed E-state index contributed by atoms with van der Waals surface area (Å²) in [5.74, 6) is -0.490. The van der Waals surface area contributed by atoms with Gasteiger partial charge in [-0.15, -0.1) is 0 Å². The van der Waals surface area contributed by atoms with Crippen LogP contribution in [0.4, 0.5) is 0 Å². The molecule has 6 heteroatoms. The standard InChI is InChI=1S/C5H9NO4S/c1-4-5(7)10-3-6(4)11(2,8)9/h4H,3H2,1-2H3/t4-/m0/s1. The molecule has 1 aliphatic rings. The molecule has 0 spiro atoms. The zero-order chi connectivity index (χ0) is 8.65. The molecule has 1 aliphatic heterocycles. The molecule has 0 aromatic carbocycles. The number of hydrogen-bond acceptors (Lipinski definition) is 4. The molecule has 0 radical (unpaired) electrons. The van der Waals surface area contributed by atoms with Crippen molar-refractivity contribution in [3.05, 3.63) is 0 Å². The van der Waals surface area contributed by atoms with Crippen molar-refractivity contribution in [1.82, 2.24) is 4.31 Å². The van der Waals surface area contributed by atoms with Gasteiger partial charge in [0, 0.05) is 0 Å². The fourth-order valence-electron chi connectivity index (χ4n) is 0.860. The van der Waals surface area contributed by atoms with Crippen LogP contribution < -0.4 is 0 Å². The largest absolute Gasteiger partial charge is 0.447 e. The van der Waals surface area contributed by atoms with E-state index in [1.807, 2.05) is 0 Å². The Kier molecular flexibility index (Phi) is 1.89. The number of esters is 1. The monoisotopic (exact) mass is 179 g/mol. The van der Waals surface area contributed by atoms with Gasteiger partial charge >= 0.3 is 5.97 Å². The molecule has 0 saturated carbocycles. The third-order valence-corrected chi connectivity index (χ3v) is 2.81. The fraction of sp³-hybridized carbons (Fsp3) is 0.800. The van der Waals surface area contributed by atoms with Crippen LogP contribution in [0.15, 0.2) is 0 Å². The van der Waals surface area contributed by atoms with Gasteiger partial charge in [0.1, 0.15) is 6.04 Å². The van der Waals surface area contributed by atoms with Gasteiger partial charge < -0.3 is 4.74 Å². The van der Waals surface area contributed by atoms with Crippen molar-refractivity contribution in [3.8, 4) is 0 Å². The first-order valence-electron chi connectivity index (χ1n) is 3.06. The molecule has 5 nitrogen and oxygen atoms in total.